The van der Waals surface area contributed by atoms with Gasteiger partial charge in [-0.2, -0.15) is 0 Å². The third-order valence-corrected chi connectivity index (χ3v) is 6.08. The number of anilines is 1. The molecule has 3 saturated carbocycles. The molecule has 3 fully saturated rings. The van der Waals surface area contributed by atoms with Crippen LogP contribution in [-0.4, -0.2) is 29.4 Å². The van der Waals surface area contributed by atoms with E-state index >= 15 is 0 Å². The Balaban J connectivity index is 1.33. The number of carbonyl (C=O) groups is 2. The number of hydrogen-bond donors (Lipinski definition) is 2. The molecule has 3 aliphatic carbocycles. The van der Waals surface area contributed by atoms with Crippen molar-refractivity contribution in [2.45, 2.75) is 31.7 Å². The van der Waals surface area contributed by atoms with Crippen LogP contribution >= 0.6 is 0 Å². The Morgan fingerprint density at radius 2 is 1.86 bits per heavy atom. The number of ether oxygens (including phenoxy) is 1. The summed E-state index contributed by atoms with van der Waals surface area (Å²) in [6, 6.07) is 8.99. The fourth-order valence-corrected chi connectivity index (χ4v) is 4.50. The number of pyridine rings is 1. The van der Waals surface area contributed by atoms with E-state index in [0.29, 0.717) is 17.1 Å². The second kappa shape index (κ2) is 6.58. The highest BCUT2D eigenvalue weighted by Crippen LogP contribution is 2.70. The van der Waals surface area contributed by atoms with Gasteiger partial charge < -0.3 is 15.4 Å². The van der Waals surface area contributed by atoms with Crippen molar-refractivity contribution in [2.24, 2.45) is 11.3 Å². The number of hydrogen-bond acceptors (Lipinski definition) is 4. The number of nitrogens with zero attached hydrogens (tertiary/aromatic N) is 1. The fourth-order valence-electron chi connectivity index (χ4n) is 4.50. The van der Waals surface area contributed by atoms with E-state index in [1.807, 2.05) is 6.92 Å². The van der Waals surface area contributed by atoms with Crippen molar-refractivity contribution in [3.63, 3.8) is 0 Å². The van der Waals surface area contributed by atoms with Gasteiger partial charge in [0.15, 0.2) is 0 Å². The maximum Gasteiger partial charge on any atom is 0.251 e. The lowest BCUT2D eigenvalue weighted by molar-refractivity contribution is -0.184. The highest BCUT2D eigenvalue weighted by molar-refractivity contribution is 5.96. The summed E-state index contributed by atoms with van der Waals surface area (Å²) in [6.07, 6.45) is 3.89. The quantitative estimate of drug-likeness (QED) is 0.803. The first-order valence-corrected chi connectivity index (χ1v) is 9.24. The highest BCUT2D eigenvalue weighted by atomic mass is 19.1. The van der Waals surface area contributed by atoms with Crippen molar-refractivity contribution in [2.75, 3.05) is 12.4 Å². The van der Waals surface area contributed by atoms with E-state index in [-0.39, 0.29) is 34.5 Å². The Morgan fingerprint density at radius 1 is 1.18 bits per heavy atom. The third kappa shape index (κ3) is 3.10. The molecule has 2 amide bonds. The maximum atomic E-state index is 13.0. The molecule has 2 N–H and O–H groups in total. The number of amides is 2. The Morgan fingerprint density at radius 3 is 2.50 bits per heavy atom. The molecular weight excluding hydrogens is 361 g/mol. The molecule has 0 aliphatic heterocycles. The zero-order valence-corrected chi connectivity index (χ0v) is 15.8. The zero-order valence-electron chi connectivity index (χ0n) is 15.8. The number of aromatic nitrogens is 1. The normalized spacial score (nSPS) is 25.7. The predicted octanol–water partition coefficient (Wildman–Crippen LogP) is 3.16. The predicted molar refractivity (Wildman–Crippen MR) is 101 cm³/mol. The SMILES string of the molecule is COc1cc(C(=O)NC23CC(C(C)C(=O)Nc4ccc(F)cc4)(C2)C3)ccn1. The van der Waals surface area contributed by atoms with Crippen LogP contribution in [0.5, 0.6) is 5.88 Å². The van der Waals surface area contributed by atoms with E-state index < -0.39 is 0 Å². The summed E-state index contributed by atoms with van der Waals surface area (Å²) in [4.78, 5) is 29.1. The van der Waals surface area contributed by atoms with E-state index in [1.54, 1.807) is 30.5 Å². The summed E-state index contributed by atoms with van der Waals surface area (Å²) in [5.74, 6) is -0.359. The van der Waals surface area contributed by atoms with Gasteiger partial charge in [-0.05, 0) is 55.0 Å². The number of nitrogens with one attached hydrogen (secondary N) is 2. The first kappa shape index (κ1) is 18.4. The van der Waals surface area contributed by atoms with Crippen LogP contribution in [0.4, 0.5) is 10.1 Å². The molecule has 3 aliphatic rings. The Kier molecular flexibility index (Phi) is 4.33. The van der Waals surface area contributed by atoms with Crippen LogP contribution < -0.4 is 15.4 Å². The first-order valence-electron chi connectivity index (χ1n) is 9.24. The molecule has 2 bridgehead atoms. The average Bonchev–Trinajstić information content (AvgIpc) is 2.64. The number of rotatable bonds is 6. The third-order valence-electron chi connectivity index (χ3n) is 6.08. The summed E-state index contributed by atoms with van der Waals surface area (Å²) in [5.41, 5.74) is 0.790. The number of benzene rings is 1. The molecule has 1 aromatic carbocycles. The van der Waals surface area contributed by atoms with Gasteiger partial charge in [-0.25, -0.2) is 9.37 Å². The molecule has 146 valence electrons. The Labute approximate surface area is 162 Å². The van der Waals surface area contributed by atoms with Gasteiger partial charge in [0.05, 0.1) is 7.11 Å². The van der Waals surface area contributed by atoms with Gasteiger partial charge in [0.2, 0.25) is 11.8 Å². The standard InChI is InChI=1S/C21H22FN3O3/c1-13(18(26)24-16-5-3-15(22)4-6-16)20-10-21(11-20,12-20)25-19(27)14-7-8-23-17(9-14)28-2/h3-9,13H,10-12H2,1-2H3,(H,24,26)(H,25,27). The van der Waals surface area contributed by atoms with Gasteiger partial charge in [-0.1, -0.05) is 6.92 Å². The molecule has 1 aromatic heterocycles. The molecule has 5 rings (SSSR count). The van der Waals surface area contributed by atoms with Crippen LogP contribution in [0.3, 0.4) is 0 Å². The van der Waals surface area contributed by atoms with Crippen molar-refractivity contribution in [1.82, 2.24) is 10.3 Å². The molecule has 7 heteroatoms. The molecule has 0 spiro atoms. The molecule has 1 atom stereocenters. The minimum absolute atomic E-state index is 0.0761. The van der Waals surface area contributed by atoms with Gasteiger partial charge in [0, 0.05) is 35.0 Å². The van der Waals surface area contributed by atoms with Crippen LogP contribution in [-0.2, 0) is 4.79 Å². The lowest BCUT2D eigenvalue weighted by Gasteiger charge is -2.72. The molecule has 1 unspecified atom stereocenters. The van der Waals surface area contributed by atoms with Crippen LogP contribution in [0.1, 0.15) is 36.5 Å². The lowest BCUT2D eigenvalue weighted by atomic mass is 9.36. The summed E-state index contributed by atoms with van der Waals surface area (Å²) in [5, 5.41) is 5.95. The van der Waals surface area contributed by atoms with Gasteiger partial charge >= 0.3 is 0 Å². The average molecular weight is 383 g/mol. The van der Waals surface area contributed by atoms with Crippen LogP contribution in [0, 0.1) is 17.2 Å². The van der Waals surface area contributed by atoms with Gasteiger partial charge in [-0.15, -0.1) is 0 Å². The van der Waals surface area contributed by atoms with Crippen LogP contribution in [0.2, 0.25) is 0 Å². The molecule has 28 heavy (non-hydrogen) atoms. The minimum atomic E-state index is -0.338. The summed E-state index contributed by atoms with van der Waals surface area (Å²) < 4.78 is 18.1. The largest absolute Gasteiger partial charge is 0.481 e. The van der Waals surface area contributed by atoms with Crippen molar-refractivity contribution < 1.29 is 18.7 Å². The van der Waals surface area contributed by atoms with E-state index in [4.69, 9.17) is 4.74 Å². The molecular formula is C21H22FN3O3. The van der Waals surface area contributed by atoms with E-state index in [9.17, 15) is 14.0 Å². The van der Waals surface area contributed by atoms with Gasteiger partial charge in [-0.3, -0.25) is 9.59 Å². The van der Waals surface area contributed by atoms with Crippen molar-refractivity contribution in [1.29, 1.82) is 0 Å². The number of halogens is 1. The van der Waals surface area contributed by atoms with Gasteiger partial charge in [0.25, 0.3) is 5.91 Å². The number of carbonyl (C=O) groups excluding carboxylic acids is 2. The van der Waals surface area contributed by atoms with Crippen molar-refractivity contribution >= 4 is 17.5 Å². The fraction of sp³-hybridized carbons (Fsp3) is 0.381. The van der Waals surface area contributed by atoms with E-state index in [1.165, 1.54) is 19.2 Å². The van der Waals surface area contributed by atoms with Crippen LogP contribution in [0.15, 0.2) is 42.6 Å². The highest BCUT2D eigenvalue weighted by Gasteiger charge is 2.71. The van der Waals surface area contributed by atoms with E-state index in [0.717, 1.165) is 19.3 Å². The topological polar surface area (TPSA) is 80.3 Å². The Hall–Kier alpha value is -2.96. The molecule has 2 aromatic rings. The second-order valence-electron chi connectivity index (χ2n) is 7.93. The molecule has 0 saturated heterocycles. The lowest BCUT2D eigenvalue weighted by Crippen LogP contribution is -2.77. The molecule has 0 radical (unpaired) electrons. The van der Waals surface area contributed by atoms with Crippen molar-refractivity contribution in [3.8, 4) is 5.88 Å². The maximum absolute atomic E-state index is 13.0. The van der Waals surface area contributed by atoms with E-state index in [2.05, 4.69) is 15.6 Å². The van der Waals surface area contributed by atoms with Crippen LogP contribution in [0.25, 0.3) is 0 Å². The minimum Gasteiger partial charge on any atom is -0.481 e. The van der Waals surface area contributed by atoms with Crippen molar-refractivity contribution in [3.05, 3.63) is 54.0 Å². The van der Waals surface area contributed by atoms with Gasteiger partial charge in [0.1, 0.15) is 5.82 Å². The summed E-state index contributed by atoms with van der Waals surface area (Å²) in [7, 11) is 1.51. The first-order chi connectivity index (χ1) is 13.3. The second-order valence-corrected chi connectivity index (χ2v) is 7.93. The monoisotopic (exact) mass is 383 g/mol. The summed E-state index contributed by atoms with van der Waals surface area (Å²) >= 11 is 0. The summed E-state index contributed by atoms with van der Waals surface area (Å²) in [6.45, 7) is 1.91. The smallest absolute Gasteiger partial charge is 0.251 e. The number of methoxy groups -OCH3 is 1. The molecule has 6 nitrogen and oxygen atoms in total. The molecule has 1 heterocycles. The Bertz CT molecular complexity index is 909. The zero-order chi connectivity index (χ0) is 19.9.